The van der Waals surface area contributed by atoms with Gasteiger partial charge in [-0.2, -0.15) is 0 Å². The van der Waals surface area contributed by atoms with E-state index >= 15 is 0 Å². The van der Waals surface area contributed by atoms with E-state index in [2.05, 4.69) is 16.0 Å². The monoisotopic (exact) mass is 466 g/mol. The molecule has 33 heavy (non-hydrogen) atoms. The third-order valence-electron chi connectivity index (χ3n) is 5.33. The van der Waals surface area contributed by atoms with E-state index in [1.54, 1.807) is 44.2 Å². The Morgan fingerprint density at radius 2 is 1.48 bits per heavy atom. The van der Waals surface area contributed by atoms with Crippen LogP contribution in [0.1, 0.15) is 32.8 Å². The molecule has 0 saturated heterocycles. The number of rotatable bonds is 13. The van der Waals surface area contributed by atoms with Crippen LogP contribution in [0.4, 0.5) is 0 Å². The van der Waals surface area contributed by atoms with Crippen molar-refractivity contribution in [3.63, 3.8) is 0 Å². The highest BCUT2D eigenvalue weighted by Crippen LogP contribution is 2.10. The maximum atomic E-state index is 13.0. The molecular formula is C22H34N4O7. The van der Waals surface area contributed by atoms with E-state index in [-0.39, 0.29) is 12.3 Å². The van der Waals surface area contributed by atoms with Crippen molar-refractivity contribution in [3.8, 4) is 0 Å². The van der Waals surface area contributed by atoms with E-state index in [9.17, 15) is 34.5 Å². The quantitative estimate of drug-likeness (QED) is 0.183. The molecule has 11 nitrogen and oxygen atoms in total. The van der Waals surface area contributed by atoms with E-state index in [1.165, 1.54) is 6.92 Å². The molecule has 0 bridgehead atoms. The largest absolute Gasteiger partial charge is 0.480 e. The third kappa shape index (κ3) is 8.79. The Kier molecular flexibility index (Phi) is 11.5. The maximum absolute atomic E-state index is 13.0. The first-order valence-corrected chi connectivity index (χ1v) is 10.7. The van der Waals surface area contributed by atoms with Gasteiger partial charge in [0.2, 0.25) is 17.7 Å². The Labute approximate surface area is 192 Å². The number of carboxylic acid groups (broad SMARTS) is 1. The molecule has 6 unspecified atom stereocenters. The summed E-state index contributed by atoms with van der Waals surface area (Å²) in [5, 5.41) is 35.7. The molecule has 0 saturated carbocycles. The van der Waals surface area contributed by atoms with E-state index in [0.29, 0.717) is 12.0 Å². The van der Waals surface area contributed by atoms with Gasteiger partial charge in [-0.05, 0) is 18.4 Å². The Hall–Kier alpha value is -3.02. The van der Waals surface area contributed by atoms with Crippen molar-refractivity contribution in [2.75, 3.05) is 6.61 Å². The smallest absolute Gasteiger partial charge is 0.326 e. The van der Waals surface area contributed by atoms with Gasteiger partial charge in [0.05, 0.1) is 12.7 Å². The second kappa shape index (κ2) is 13.5. The van der Waals surface area contributed by atoms with Gasteiger partial charge in [-0.25, -0.2) is 4.79 Å². The van der Waals surface area contributed by atoms with Crippen molar-refractivity contribution >= 4 is 23.7 Å². The van der Waals surface area contributed by atoms with E-state index < -0.39 is 60.6 Å². The minimum Gasteiger partial charge on any atom is -0.480 e. The Bertz CT molecular complexity index is 803. The fraction of sp³-hybridized carbons (Fsp3) is 0.545. The van der Waals surface area contributed by atoms with Crippen LogP contribution in [0, 0.1) is 5.92 Å². The lowest BCUT2D eigenvalue weighted by Gasteiger charge is -2.26. The maximum Gasteiger partial charge on any atom is 0.326 e. The Balaban J connectivity index is 3.05. The fourth-order valence-electron chi connectivity index (χ4n) is 2.95. The van der Waals surface area contributed by atoms with Gasteiger partial charge >= 0.3 is 5.97 Å². The number of nitrogens with two attached hydrogens (primary N) is 1. The fourth-order valence-corrected chi connectivity index (χ4v) is 2.95. The molecule has 1 rings (SSSR count). The molecule has 0 spiro atoms. The highest BCUT2D eigenvalue weighted by atomic mass is 16.4. The van der Waals surface area contributed by atoms with Crippen molar-refractivity contribution in [1.29, 1.82) is 0 Å². The first-order valence-electron chi connectivity index (χ1n) is 10.7. The second-order valence-electron chi connectivity index (χ2n) is 7.97. The van der Waals surface area contributed by atoms with Crippen LogP contribution in [0.3, 0.4) is 0 Å². The number of carbonyl (C=O) groups is 4. The lowest BCUT2D eigenvalue weighted by Crippen LogP contribution is -2.59. The van der Waals surface area contributed by atoms with E-state index in [0.717, 1.165) is 0 Å². The van der Waals surface area contributed by atoms with Crippen LogP contribution in [0.25, 0.3) is 0 Å². The molecule has 0 heterocycles. The number of hydrogen-bond acceptors (Lipinski definition) is 7. The molecule has 11 heteroatoms. The highest BCUT2D eigenvalue weighted by Gasteiger charge is 2.32. The summed E-state index contributed by atoms with van der Waals surface area (Å²) in [6, 6.07) is 3.67. The summed E-state index contributed by atoms with van der Waals surface area (Å²) in [5.41, 5.74) is 6.25. The average molecular weight is 467 g/mol. The summed E-state index contributed by atoms with van der Waals surface area (Å²) in [5.74, 6) is -3.99. The number of carbonyl (C=O) groups excluding carboxylic acids is 3. The van der Waals surface area contributed by atoms with Gasteiger partial charge in [0.25, 0.3) is 0 Å². The summed E-state index contributed by atoms with van der Waals surface area (Å²) in [7, 11) is 0. The number of carboxylic acids is 1. The van der Waals surface area contributed by atoms with Crippen molar-refractivity contribution in [3.05, 3.63) is 35.9 Å². The molecule has 1 aromatic rings. The number of nitrogens with one attached hydrogen (secondary N) is 3. The minimum absolute atomic E-state index is 0.0462. The van der Waals surface area contributed by atoms with E-state index in [1.807, 2.05) is 0 Å². The van der Waals surface area contributed by atoms with Gasteiger partial charge in [0, 0.05) is 6.42 Å². The van der Waals surface area contributed by atoms with Crippen molar-refractivity contribution in [2.45, 2.75) is 63.9 Å². The van der Waals surface area contributed by atoms with Gasteiger partial charge in [0.1, 0.15) is 24.2 Å². The average Bonchev–Trinajstić information content (AvgIpc) is 2.79. The number of aliphatic hydroxyl groups is 2. The van der Waals surface area contributed by atoms with Crippen LogP contribution >= 0.6 is 0 Å². The number of hydrogen-bond donors (Lipinski definition) is 7. The topological polar surface area (TPSA) is 191 Å². The first kappa shape index (κ1) is 28.0. The standard InChI is InChI=1S/C22H34N4O7/c1-4-12(2)18(22(32)33)26-19(29)15(10-14-8-6-5-7-9-14)24-20(30)16(11-27)25-21(31)17(23)13(3)28/h5-9,12-13,15-18,27-28H,4,10-11,23H2,1-3H3,(H,24,30)(H,25,31)(H,26,29)(H,32,33). The van der Waals surface area contributed by atoms with Gasteiger partial charge in [-0.15, -0.1) is 0 Å². The van der Waals surface area contributed by atoms with Crippen molar-refractivity contribution in [2.24, 2.45) is 11.7 Å². The van der Waals surface area contributed by atoms with Gasteiger partial charge < -0.3 is 37.0 Å². The van der Waals surface area contributed by atoms with Gasteiger partial charge in [-0.1, -0.05) is 50.6 Å². The first-order chi connectivity index (χ1) is 15.5. The zero-order chi connectivity index (χ0) is 25.1. The van der Waals surface area contributed by atoms with Crippen LogP contribution in [0.15, 0.2) is 30.3 Å². The lowest BCUT2D eigenvalue weighted by molar-refractivity contribution is -0.144. The summed E-state index contributed by atoms with van der Waals surface area (Å²) < 4.78 is 0. The summed E-state index contributed by atoms with van der Waals surface area (Å²) in [6.45, 7) is 4.00. The molecule has 0 aliphatic carbocycles. The van der Waals surface area contributed by atoms with Crippen molar-refractivity contribution in [1.82, 2.24) is 16.0 Å². The molecule has 8 N–H and O–H groups in total. The highest BCUT2D eigenvalue weighted by molar-refractivity contribution is 5.94. The van der Waals surface area contributed by atoms with Crippen LogP contribution in [0.5, 0.6) is 0 Å². The molecule has 0 radical (unpaired) electrons. The molecule has 6 atom stereocenters. The molecule has 1 aromatic carbocycles. The normalized spacial score (nSPS) is 16.4. The molecule has 0 aliphatic rings. The predicted molar refractivity (Wildman–Crippen MR) is 120 cm³/mol. The zero-order valence-corrected chi connectivity index (χ0v) is 19.0. The molecule has 0 fully saturated rings. The number of aliphatic carboxylic acids is 1. The van der Waals surface area contributed by atoms with Crippen LogP contribution in [0.2, 0.25) is 0 Å². The lowest BCUT2D eigenvalue weighted by atomic mass is 9.98. The van der Waals surface area contributed by atoms with Gasteiger partial charge in [0.15, 0.2) is 0 Å². The number of benzene rings is 1. The zero-order valence-electron chi connectivity index (χ0n) is 19.0. The number of aliphatic hydroxyl groups excluding tert-OH is 2. The van der Waals surface area contributed by atoms with Crippen molar-refractivity contribution < 1.29 is 34.5 Å². The van der Waals surface area contributed by atoms with Crippen LogP contribution < -0.4 is 21.7 Å². The summed E-state index contributed by atoms with van der Waals surface area (Å²) in [4.78, 5) is 49.4. The number of amides is 3. The van der Waals surface area contributed by atoms with E-state index in [4.69, 9.17) is 5.73 Å². The summed E-state index contributed by atoms with van der Waals surface area (Å²) in [6.07, 6.45) is -0.628. The third-order valence-corrected chi connectivity index (χ3v) is 5.33. The SMILES string of the molecule is CCC(C)C(NC(=O)C(Cc1ccccc1)NC(=O)C(CO)NC(=O)C(N)C(C)O)C(=O)O. The molecule has 0 aliphatic heterocycles. The minimum atomic E-state index is -1.43. The summed E-state index contributed by atoms with van der Waals surface area (Å²) >= 11 is 0. The van der Waals surface area contributed by atoms with Gasteiger partial charge in [-0.3, -0.25) is 14.4 Å². The molecule has 3 amide bonds. The predicted octanol–water partition coefficient (Wildman–Crippen LogP) is -1.49. The Morgan fingerprint density at radius 3 is 1.97 bits per heavy atom. The van der Waals surface area contributed by atoms with Crippen LogP contribution in [-0.2, 0) is 25.6 Å². The molecule has 0 aromatic heterocycles. The molecular weight excluding hydrogens is 432 g/mol. The van der Waals surface area contributed by atoms with Crippen LogP contribution in [-0.4, -0.2) is 75.9 Å². The Morgan fingerprint density at radius 1 is 0.939 bits per heavy atom. The molecule has 184 valence electrons. The second-order valence-corrected chi connectivity index (χ2v) is 7.97.